The Kier molecular flexibility index (Phi) is 2.98. The molecule has 0 spiro atoms. The second-order valence-electron chi connectivity index (χ2n) is 3.77. The molecule has 90 valence electrons. The molecule has 0 radical (unpaired) electrons. The summed E-state index contributed by atoms with van der Waals surface area (Å²) in [6, 6.07) is 5.46. The van der Waals surface area contributed by atoms with E-state index in [1.165, 1.54) is 0 Å². The first-order valence-electron chi connectivity index (χ1n) is 5.18. The zero-order chi connectivity index (χ0) is 12.6. The summed E-state index contributed by atoms with van der Waals surface area (Å²) in [5.41, 5.74) is 7.41. The minimum atomic E-state index is 0.578. The number of nitrogen functional groups attached to an aromatic ring is 1. The molecule has 0 aliphatic carbocycles. The van der Waals surface area contributed by atoms with Gasteiger partial charge in [0.15, 0.2) is 0 Å². The summed E-state index contributed by atoms with van der Waals surface area (Å²) in [6.45, 7) is 1.89. The number of nitrogens with two attached hydrogens (primary N) is 1. The fraction of sp³-hybridized carbons (Fsp3) is 0.250. The van der Waals surface area contributed by atoms with Gasteiger partial charge in [0, 0.05) is 7.05 Å². The quantitative estimate of drug-likeness (QED) is 0.893. The van der Waals surface area contributed by atoms with Gasteiger partial charge in [0.05, 0.1) is 17.7 Å². The number of benzene rings is 1. The van der Waals surface area contributed by atoms with Crippen LogP contribution in [0, 0.1) is 6.92 Å². The number of hydrogen-bond donors (Lipinski definition) is 1. The van der Waals surface area contributed by atoms with Gasteiger partial charge in [-0.1, -0.05) is 17.7 Å². The lowest BCUT2D eigenvalue weighted by Crippen LogP contribution is -1.99. The highest BCUT2D eigenvalue weighted by atomic mass is 35.5. The normalized spacial score (nSPS) is 10.6. The minimum absolute atomic E-state index is 0.578. The first-order valence-corrected chi connectivity index (χ1v) is 5.55. The lowest BCUT2D eigenvalue weighted by Gasteiger charge is -2.09. The fourth-order valence-corrected chi connectivity index (χ4v) is 1.97. The predicted octanol–water partition coefficient (Wildman–Crippen LogP) is 2.64. The van der Waals surface area contributed by atoms with Crippen LogP contribution in [0.5, 0.6) is 5.75 Å². The van der Waals surface area contributed by atoms with Crippen LogP contribution in [0.25, 0.3) is 11.3 Å². The summed E-state index contributed by atoms with van der Waals surface area (Å²) < 4.78 is 7.11. The molecule has 0 bridgehead atoms. The van der Waals surface area contributed by atoms with Crippen LogP contribution < -0.4 is 10.5 Å². The van der Waals surface area contributed by atoms with Crippen molar-refractivity contribution in [3.63, 3.8) is 0 Å². The van der Waals surface area contributed by atoms with E-state index in [4.69, 9.17) is 22.1 Å². The standard InChI is InChI=1S/C12H14ClN3O/c1-7-15-11(12(14)16(7)2)10-8(13)5-4-6-9(10)17-3/h4-6H,14H2,1-3H3. The summed E-state index contributed by atoms with van der Waals surface area (Å²) in [5.74, 6) is 2.08. The third kappa shape index (κ3) is 1.85. The third-order valence-corrected chi connectivity index (χ3v) is 3.11. The van der Waals surface area contributed by atoms with E-state index in [0.29, 0.717) is 22.3 Å². The van der Waals surface area contributed by atoms with E-state index < -0.39 is 0 Å². The van der Waals surface area contributed by atoms with Gasteiger partial charge in [-0.25, -0.2) is 4.98 Å². The Morgan fingerprint density at radius 3 is 2.65 bits per heavy atom. The van der Waals surface area contributed by atoms with Gasteiger partial charge in [-0.2, -0.15) is 0 Å². The molecular formula is C12H14ClN3O. The van der Waals surface area contributed by atoms with Gasteiger partial charge in [-0.05, 0) is 19.1 Å². The van der Waals surface area contributed by atoms with Crippen LogP contribution in [-0.4, -0.2) is 16.7 Å². The Morgan fingerprint density at radius 1 is 1.41 bits per heavy atom. The van der Waals surface area contributed by atoms with Crippen molar-refractivity contribution in [1.82, 2.24) is 9.55 Å². The van der Waals surface area contributed by atoms with Crippen molar-refractivity contribution in [1.29, 1.82) is 0 Å². The molecule has 0 amide bonds. The van der Waals surface area contributed by atoms with Crippen molar-refractivity contribution in [2.24, 2.45) is 7.05 Å². The van der Waals surface area contributed by atoms with Crippen molar-refractivity contribution >= 4 is 17.4 Å². The van der Waals surface area contributed by atoms with Crippen LogP contribution in [0.15, 0.2) is 18.2 Å². The topological polar surface area (TPSA) is 53.1 Å². The minimum Gasteiger partial charge on any atom is -0.496 e. The van der Waals surface area contributed by atoms with E-state index in [2.05, 4.69) is 4.98 Å². The molecule has 0 unspecified atom stereocenters. The highest BCUT2D eigenvalue weighted by molar-refractivity contribution is 6.33. The van der Waals surface area contributed by atoms with Crippen LogP contribution >= 0.6 is 11.6 Å². The maximum absolute atomic E-state index is 6.19. The lowest BCUT2D eigenvalue weighted by molar-refractivity contribution is 0.416. The lowest BCUT2D eigenvalue weighted by atomic mass is 10.1. The van der Waals surface area contributed by atoms with Crippen LogP contribution in [0.1, 0.15) is 5.82 Å². The number of imidazole rings is 1. The number of nitrogens with zero attached hydrogens (tertiary/aromatic N) is 2. The number of hydrogen-bond acceptors (Lipinski definition) is 3. The van der Waals surface area contributed by atoms with Crippen molar-refractivity contribution in [3.05, 3.63) is 29.0 Å². The maximum Gasteiger partial charge on any atom is 0.131 e. The number of aromatic nitrogens is 2. The average Bonchev–Trinajstić information content (AvgIpc) is 2.56. The molecule has 1 aromatic carbocycles. The number of ether oxygens (including phenoxy) is 1. The molecule has 1 aromatic heterocycles. The summed E-state index contributed by atoms with van der Waals surface area (Å²) in [5, 5.41) is 0.578. The van der Waals surface area contributed by atoms with Gasteiger partial charge in [0.25, 0.3) is 0 Å². The van der Waals surface area contributed by atoms with Crippen LogP contribution in [0.3, 0.4) is 0 Å². The van der Waals surface area contributed by atoms with Crippen molar-refractivity contribution in [3.8, 4) is 17.0 Å². The summed E-state index contributed by atoms with van der Waals surface area (Å²) in [7, 11) is 3.46. The molecule has 2 N–H and O–H groups in total. The summed E-state index contributed by atoms with van der Waals surface area (Å²) in [4.78, 5) is 4.42. The highest BCUT2D eigenvalue weighted by Gasteiger charge is 2.18. The zero-order valence-electron chi connectivity index (χ0n) is 9.99. The monoisotopic (exact) mass is 251 g/mol. The molecule has 5 heteroatoms. The summed E-state index contributed by atoms with van der Waals surface area (Å²) >= 11 is 6.19. The van der Waals surface area contributed by atoms with E-state index in [1.54, 1.807) is 13.2 Å². The molecule has 4 nitrogen and oxygen atoms in total. The van der Waals surface area contributed by atoms with Crippen LogP contribution in [0.2, 0.25) is 5.02 Å². The van der Waals surface area contributed by atoms with Crippen molar-refractivity contribution in [2.75, 3.05) is 12.8 Å². The molecule has 2 rings (SSSR count). The molecule has 17 heavy (non-hydrogen) atoms. The number of anilines is 1. The third-order valence-electron chi connectivity index (χ3n) is 2.80. The fourth-order valence-electron chi connectivity index (χ4n) is 1.72. The zero-order valence-corrected chi connectivity index (χ0v) is 10.7. The van der Waals surface area contributed by atoms with Gasteiger partial charge in [-0.3, -0.25) is 0 Å². The first-order chi connectivity index (χ1) is 8.06. The number of halogens is 1. The largest absolute Gasteiger partial charge is 0.496 e. The molecule has 0 aliphatic heterocycles. The molecule has 0 fully saturated rings. The molecule has 0 saturated heterocycles. The van der Waals surface area contributed by atoms with Gasteiger partial charge in [-0.15, -0.1) is 0 Å². The second-order valence-corrected chi connectivity index (χ2v) is 4.18. The predicted molar refractivity (Wildman–Crippen MR) is 69.4 cm³/mol. The molecule has 2 aromatic rings. The van der Waals surface area contributed by atoms with E-state index >= 15 is 0 Å². The Balaban J connectivity index is 2.72. The van der Waals surface area contributed by atoms with Crippen LogP contribution in [0.4, 0.5) is 5.82 Å². The maximum atomic E-state index is 6.19. The first kappa shape index (κ1) is 11.8. The molecule has 0 atom stereocenters. The van der Waals surface area contributed by atoms with E-state index in [1.807, 2.05) is 30.7 Å². The SMILES string of the molecule is COc1cccc(Cl)c1-c1nc(C)n(C)c1N. The molecule has 0 aliphatic rings. The smallest absolute Gasteiger partial charge is 0.131 e. The molecular weight excluding hydrogens is 238 g/mol. The van der Waals surface area contributed by atoms with Crippen molar-refractivity contribution < 1.29 is 4.74 Å². The van der Waals surface area contributed by atoms with Crippen LogP contribution in [-0.2, 0) is 7.05 Å². The van der Waals surface area contributed by atoms with Gasteiger partial charge in [0.1, 0.15) is 23.1 Å². The van der Waals surface area contributed by atoms with Gasteiger partial charge in [0.2, 0.25) is 0 Å². The number of aryl methyl sites for hydroxylation is 1. The van der Waals surface area contributed by atoms with Crippen molar-refractivity contribution in [2.45, 2.75) is 6.92 Å². The summed E-state index contributed by atoms with van der Waals surface area (Å²) in [6.07, 6.45) is 0. The van der Waals surface area contributed by atoms with E-state index in [-0.39, 0.29) is 0 Å². The Bertz CT molecular complexity index is 563. The highest BCUT2D eigenvalue weighted by Crippen LogP contribution is 2.38. The number of methoxy groups -OCH3 is 1. The Hall–Kier alpha value is -1.68. The number of rotatable bonds is 2. The Labute approximate surface area is 105 Å². The average molecular weight is 252 g/mol. The van der Waals surface area contributed by atoms with Gasteiger partial charge >= 0.3 is 0 Å². The second kappa shape index (κ2) is 4.30. The van der Waals surface area contributed by atoms with E-state index in [0.717, 1.165) is 11.4 Å². The van der Waals surface area contributed by atoms with E-state index in [9.17, 15) is 0 Å². The molecule has 1 heterocycles. The van der Waals surface area contributed by atoms with Gasteiger partial charge < -0.3 is 15.0 Å². The molecule has 0 saturated carbocycles. The Morgan fingerprint density at radius 2 is 2.12 bits per heavy atom.